The molecule has 0 aliphatic carbocycles. The minimum absolute atomic E-state index is 0.601. The highest BCUT2D eigenvalue weighted by molar-refractivity contribution is 5.17. The zero-order valence-corrected chi connectivity index (χ0v) is 15.9. The third-order valence-corrected chi connectivity index (χ3v) is 5.65. The van der Waals surface area contributed by atoms with Crippen molar-refractivity contribution in [3.8, 4) is 0 Å². The first-order valence-electron chi connectivity index (χ1n) is 9.71. The standard InChI is InChI=1S/C23H32N2/c1-19(16-22-10-6-4-7-11-22)24-14-15-25(21(3)18-24)20(2)17-23-12-8-5-9-13-23/h4-13,19-21H,14-18H2,1-3H3. The molecule has 0 aromatic heterocycles. The van der Waals surface area contributed by atoms with Crippen LogP contribution in [0.2, 0.25) is 0 Å². The normalized spacial score (nSPS) is 21.8. The summed E-state index contributed by atoms with van der Waals surface area (Å²) in [5.74, 6) is 0. The van der Waals surface area contributed by atoms with E-state index in [-0.39, 0.29) is 0 Å². The number of hydrogen-bond donors (Lipinski definition) is 0. The molecule has 3 unspecified atom stereocenters. The van der Waals surface area contributed by atoms with Gasteiger partial charge in [0.05, 0.1) is 0 Å². The molecule has 134 valence electrons. The molecule has 0 radical (unpaired) electrons. The maximum Gasteiger partial charge on any atom is 0.0198 e. The minimum atomic E-state index is 0.601. The largest absolute Gasteiger partial charge is 0.298 e. The topological polar surface area (TPSA) is 6.48 Å². The highest BCUT2D eigenvalue weighted by Gasteiger charge is 2.29. The second-order valence-electron chi connectivity index (χ2n) is 7.66. The molecule has 25 heavy (non-hydrogen) atoms. The van der Waals surface area contributed by atoms with Crippen LogP contribution < -0.4 is 0 Å². The Morgan fingerprint density at radius 3 is 1.84 bits per heavy atom. The molecule has 1 heterocycles. The average molecular weight is 337 g/mol. The molecular weight excluding hydrogens is 304 g/mol. The number of hydrogen-bond acceptors (Lipinski definition) is 2. The van der Waals surface area contributed by atoms with Crippen molar-refractivity contribution in [1.82, 2.24) is 9.80 Å². The first kappa shape index (κ1) is 18.2. The van der Waals surface area contributed by atoms with Crippen molar-refractivity contribution in [2.45, 2.75) is 51.7 Å². The van der Waals surface area contributed by atoms with Gasteiger partial charge in [0, 0.05) is 37.8 Å². The molecule has 1 aliphatic heterocycles. The van der Waals surface area contributed by atoms with Crippen LogP contribution in [0.4, 0.5) is 0 Å². The molecule has 2 aromatic carbocycles. The van der Waals surface area contributed by atoms with Gasteiger partial charge in [-0.15, -0.1) is 0 Å². The van der Waals surface area contributed by atoms with Gasteiger partial charge in [0.2, 0.25) is 0 Å². The van der Waals surface area contributed by atoms with E-state index >= 15 is 0 Å². The Balaban J connectivity index is 1.53. The quantitative estimate of drug-likeness (QED) is 0.778. The van der Waals surface area contributed by atoms with Crippen LogP contribution >= 0.6 is 0 Å². The molecule has 0 spiro atoms. The van der Waals surface area contributed by atoms with Crippen LogP contribution in [0.15, 0.2) is 60.7 Å². The van der Waals surface area contributed by atoms with Gasteiger partial charge in [-0.1, -0.05) is 60.7 Å². The third-order valence-electron chi connectivity index (χ3n) is 5.65. The van der Waals surface area contributed by atoms with Crippen LogP contribution in [0, 0.1) is 0 Å². The van der Waals surface area contributed by atoms with Crippen LogP contribution in [0.1, 0.15) is 31.9 Å². The average Bonchev–Trinajstić information content (AvgIpc) is 2.63. The van der Waals surface area contributed by atoms with Crippen LogP contribution in [0.3, 0.4) is 0 Å². The van der Waals surface area contributed by atoms with Gasteiger partial charge in [0.25, 0.3) is 0 Å². The van der Waals surface area contributed by atoms with Gasteiger partial charge >= 0.3 is 0 Å². The van der Waals surface area contributed by atoms with Crippen molar-refractivity contribution in [2.24, 2.45) is 0 Å². The van der Waals surface area contributed by atoms with Crippen LogP contribution in [0.25, 0.3) is 0 Å². The smallest absolute Gasteiger partial charge is 0.0198 e. The minimum Gasteiger partial charge on any atom is -0.298 e. The van der Waals surface area contributed by atoms with Crippen molar-refractivity contribution in [1.29, 1.82) is 0 Å². The Kier molecular flexibility index (Phi) is 6.28. The molecule has 0 N–H and O–H groups in total. The van der Waals surface area contributed by atoms with Crippen molar-refractivity contribution in [2.75, 3.05) is 19.6 Å². The van der Waals surface area contributed by atoms with E-state index in [1.165, 1.54) is 30.8 Å². The lowest BCUT2D eigenvalue weighted by Crippen LogP contribution is -2.57. The summed E-state index contributed by atoms with van der Waals surface area (Å²) < 4.78 is 0. The Morgan fingerprint density at radius 2 is 1.32 bits per heavy atom. The molecule has 1 aliphatic rings. The molecule has 0 saturated carbocycles. The molecule has 2 aromatic rings. The van der Waals surface area contributed by atoms with Crippen molar-refractivity contribution in [3.05, 3.63) is 71.8 Å². The Morgan fingerprint density at radius 1 is 0.800 bits per heavy atom. The summed E-state index contributed by atoms with van der Waals surface area (Å²) in [5.41, 5.74) is 2.89. The molecule has 0 amide bonds. The molecule has 3 rings (SSSR count). The van der Waals surface area contributed by atoms with E-state index < -0.39 is 0 Å². The summed E-state index contributed by atoms with van der Waals surface area (Å²) in [4.78, 5) is 5.36. The Labute approximate surface area is 153 Å². The predicted molar refractivity (Wildman–Crippen MR) is 107 cm³/mol. The number of benzene rings is 2. The van der Waals surface area contributed by atoms with Gasteiger partial charge in [-0.2, -0.15) is 0 Å². The lowest BCUT2D eigenvalue weighted by atomic mass is 10.0. The van der Waals surface area contributed by atoms with Gasteiger partial charge in [0.1, 0.15) is 0 Å². The zero-order chi connectivity index (χ0) is 17.6. The van der Waals surface area contributed by atoms with Gasteiger partial charge < -0.3 is 0 Å². The first-order valence-corrected chi connectivity index (χ1v) is 9.71. The van der Waals surface area contributed by atoms with Crippen molar-refractivity contribution in [3.63, 3.8) is 0 Å². The summed E-state index contributed by atoms with van der Waals surface area (Å²) >= 11 is 0. The van der Waals surface area contributed by atoms with E-state index in [2.05, 4.69) is 91.2 Å². The monoisotopic (exact) mass is 336 g/mol. The summed E-state index contributed by atoms with van der Waals surface area (Å²) in [6, 6.07) is 23.6. The molecule has 2 nitrogen and oxygen atoms in total. The summed E-state index contributed by atoms with van der Waals surface area (Å²) in [5, 5.41) is 0. The fraction of sp³-hybridized carbons (Fsp3) is 0.478. The molecule has 1 saturated heterocycles. The molecule has 1 fully saturated rings. The first-order chi connectivity index (χ1) is 12.1. The highest BCUT2D eigenvalue weighted by Crippen LogP contribution is 2.19. The van der Waals surface area contributed by atoms with Gasteiger partial charge in [-0.25, -0.2) is 0 Å². The summed E-state index contributed by atoms with van der Waals surface area (Å²) in [6.45, 7) is 10.7. The fourth-order valence-electron chi connectivity index (χ4n) is 4.21. The molecule has 3 atom stereocenters. The van der Waals surface area contributed by atoms with Gasteiger partial charge in [-0.3, -0.25) is 9.80 Å². The number of rotatable bonds is 6. The van der Waals surface area contributed by atoms with E-state index in [0.29, 0.717) is 18.1 Å². The maximum atomic E-state index is 2.69. The molecular formula is C23H32N2. The lowest BCUT2D eigenvalue weighted by Gasteiger charge is -2.45. The number of piperazine rings is 1. The van der Waals surface area contributed by atoms with Crippen molar-refractivity contribution < 1.29 is 0 Å². The van der Waals surface area contributed by atoms with Crippen LogP contribution in [-0.4, -0.2) is 47.6 Å². The maximum absolute atomic E-state index is 2.69. The number of nitrogens with zero attached hydrogens (tertiary/aromatic N) is 2. The second-order valence-corrected chi connectivity index (χ2v) is 7.66. The summed E-state index contributed by atoms with van der Waals surface area (Å²) in [7, 11) is 0. The van der Waals surface area contributed by atoms with Crippen LogP contribution in [-0.2, 0) is 12.8 Å². The van der Waals surface area contributed by atoms with E-state index in [1.54, 1.807) is 0 Å². The van der Waals surface area contributed by atoms with E-state index in [1.807, 2.05) is 0 Å². The zero-order valence-electron chi connectivity index (χ0n) is 15.9. The van der Waals surface area contributed by atoms with Crippen molar-refractivity contribution >= 4 is 0 Å². The highest BCUT2D eigenvalue weighted by atomic mass is 15.3. The van der Waals surface area contributed by atoms with E-state index in [0.717, 1.165) is 12.8 Å². The summed E-state index contributed by atoms with van der Waals surface area (Å²) in [6.07, 6.45) is 2.29. The predicted octanol–water partition coefficient (Wildman–Crippen LogP) is 4.25. The van der Waals surface area contributed by atoms with E-state index in [9.17, 15) is 0 Å². The van der Waals surface area contributed by atoms with Gasteiger partial charge in [-0.05, 0) is 44.7 Å². The van der Waals surface area contributed by atoms with Crippen LogP contribution in [0.5, 0.6) is 0 Å². The second kappa shape index (κ2) is 8.64. The fourth-order valence-corrected chi connectivity index (χ4v) is 4.21. The SMILES string of the molecule is CC(Cc1ccccc1)N1CCN(C(C)Cc2ccccc2)C(C)C1. The third kappa shape index (κ3) is 4.93. The van der Waals surface area contributed by atoms with E-state index in [4.69, 9.17) is 0 Å². The molecule has 2 heteroatoms. The Bertz CT molecular complexity index is 625. The Hall–Kier alpha value is -1.64. The molecule has 0 bridgehead atoms. The van der Waals surface area contributed by atoms with Gasteiger partial charge in [0.15, 0.2) is 0 Å². The lowest BCUT2D eigenvalue weighted by molar-refractivity contribution is 0.0361.